The van der Waals surface area contributed by atoms with Gasteiger partial charge in [0.15, 0.2) is 0 Å². The number of nitrogens with zero attached hydrogens (tertiary/aromatic N) is 1. The van der Waals surface area contributed by atoms with E-state index in [0.29, 0.717) is 5.54 Å². The smallest absolute Gasteiger partial charge is 0.0210 e. The monoisotopic (exact) mass is 286 g/mol. The summed E-state index contributed by atoms with van der Waals surface area (Å²) in [4.78, 5) is 2.83. The summed E-state index contributed by atoms with van der Waals surface area (Å²) in [7, 11) is 0. The van der Waals surface area contributed by atoms with Crippen molar-refractivity contribution in [3.8, 4) is 0 Å². The Bertz CT molecular complexity index is 403. The zero-order valence-electron chi connectivity index (χ0n) is 13.3. The second-order valence-corrected chi connectivity index (χ2v) is 6.86. The highest BCUT2D eigenvalue weighted by Crippen LogP contribution is 2.38. The molecular formula is C19H30N2. The zero-order valence-corrected chi connectivity index (χ0v) is 13.3. The van der Waals surface area contributed by atoms with Crippen LogP contribution in [0.2, 0.25) is 0 Å². The van der Waals surface area contributed by atoms with Crippen molar-refractivity contribution in [2.45, 2.75) is 56.9 Å². The Kier molecular flexibility index (Phi) is 5.32. The van der Waals surface area contributed by atoms with Gasteiger partial charge in [-0.25, -0.2) is 0 Å². The number of rotatable bonds is 5. The number of piperazine rings is 1. The molecule has 0 amide bonds. The number of nitrogens with one attached hydrogen (secondary N) is 1. The number of aryl methyl sites for hydroxylation is 1. The summed E-state index contributed by atoms with van der Waals surface area (Å²) in [5.74, 6) is 0. The summed E-state index contributed by atoms with van der Waals surface area (Å²) in [5, 5.41) is 3.51. The van der Waals surface area contributed by atoms with Crippen LogP contribution in [0.15, 0.2) is 30.3 Å². The fourth-order valence-corrected chi connectivity index (χ4v) is 4.34. The Morgan fingerprint density at radius 3 is 2.38 bits per heavy atom. The van der Waals surface area contributed by atoms with E-state index in [9.17, 15) is 0 Å². The third-order valence-electron chi connectivity index (χ3n) is 5.52. The second kappa shape index (κ2) is 7.42. The molecule has 1 aromatic rings. The largest absolute Gasteiger partial charge is 0.314 e. The van der Waals surface area contributed by atoms with Gasteiger partial charge in [0.1, 0.15) is 0 Å². The molecule has 2 nitrogen and oxygen atoms in total. The van der Waals surface area contributed by atoms with Crippen molar-refractivity contribution >= 4 is 0 Å². The van der Waals surface area contributed by atoms with Gasteiger partial charge >= 0.3 is 0 Å². The molecule has 1 aliphatic heterocycles. The quantitative estimate of drug-likeness (QED) is 0.889. The summed E-state index contributed by atoms with van der Waals surface area (Å²) in [6.07, 6.45) is 11.2. The lowest BCUT2D eigenvalue weighted by Crippen LogP contribution is -2.57. The van der Waals surface area contributed by atoms with Crippen LogP contribution in [0.4, 0.5) is 0 Å². The predicted molar refractivity (Wildman–Crippen MR) is 89.6 cm³/mol. The molecule has 0 unspecified atom stereocenters. The molecule has 1 aliphatic carbocycles. The van der Waals surface area contributed by atoms with Gasteiger partial charge in [-0.05, 0) is 37.7 Å². The van der Waals surface area contributed by atoms with Crippen LogP contribution >= 0.6 is 0 Å². The first-order chi connectivity index (χ1) is 10.4. The van der Waals surface area contributed by atoms with Gasteiger partial charge in [0.05, 0.1) is 0 Å². The summed E-state index contributed by atoms with van der Waals surface area (Å²) in [6, 6.07) is 11.0. The van der Waals surface area contributed by atoms with E-state index in [4.69, 9.17) is 0 Å². The molecule has 1 saturated heterocycles. The van der Waals surface area contributed by atoms with Crippen molar-refractivity contribution in [1.82, 2.24) is 10.2 Å². The summed E-state index contributed by atoms with van der Waals surface area (Å²) < 4.78 is 0. The molecule has 0 bridgehead atoms. The summed E-state index contributed by atoms with van der Waals surface area (Å²) in [5.41, 5.74) is 2.03. The lowest BCUT2D eigenvalue weighted by molar-refractivity contribution is 0.0305. The average molecular weight is 286 g/mol. The van der Waals surface area contributed by atoms with Crippen molar-refractivity contribution in [2.24, 2.45) is 0 Å². The SMILES string of the molecule is c1ccc(CCCC2(N3CCNCC3)CCCCC2)cc1. The molecule has 2 heteroatoms. The van der Waals surface area contributed by atoms with Crippen LogP contribution in [0, 0.1) is 0 Å². The molecule has 116 valence electrons. The summed E-state index contributed by atoms with van der Waals surface area (Å²) >= 11 is 0. The maximum absolute atomic E-state index is 3.51. The number of benzene rings is 1. The number of hydrogen-bond donors (Lipinski definition) is 1. The molecule has 2 aliphatic rings. The van der Waals surface area contributed by atoms with E-state index in [1.54, 1.807) is 0 Å². The van der Waals surface area contributed by atoms with Gasteiger partial charge in [0.25, 0.3) is 0 Å². The topological polar surface area (TPSA) is 15.3 Å². The number of hydrogen-bond acceptors (Lipinski definition) is 2. The molecule has 1 N–H and O–H groups in total. The van der Waals surface area contributed by atoms with Gasteiger partial charge in [-0.1, -0.05) is 49.6 Å². The molecule has 21 heavy (non-hydrogen) atoms. The van der Waals surface area contributed by atoms with Crippen LogP contribution in [0.1, 0.15) is 50.5 Å². The van der Waals surface area contributed by atoms with Crippen molar-refractivity contribution < 1.29 is 0 Å². The Morgan fingerprint density at radius 2 is 1.67 bits per heavy atom. The Hall–Kier alpha value is -0.860. The van der Waals surface area contributed by atoms with E-state index in [0.717, 1.165) is 0 Å². The third kappa shape index (κ3) is 3.87. The molecule has 0 spiro atoms. The van der Waals surface area contributed by atoms with E-state index in [1.165, 1.54) is 83.1 Å². The highest BCUT2D eigenvalue weighted by Gasteiger charge is 2.37. The maximum Gasteiger partial charge on any atom is 0.0210 e. The molecule has 1 aromatic carbocycles. The fourth-order valence-electron chi connectivity index (χ4n) is 4.34. The second-order valence-electron chi connectivity index (χ2n) is 6.86. The highest BCUT2D eigenvalue weighted by molar-refractivity contribution is 5.14. The van der Waals surface area contributed by atoms with Gasteiger partial charge in [0, 0.05) is 31.7 Å². The van der Waals surface area contributed by atoms with Crippen LogP contribution in [-0.2, 0) is 6.42 Å². The van der Waals surface area contributed by atoms with E-state index in [-0.39, 0.29) is 0 Å². The molecular weight excluding hydrogens is 256 g/mol. The van der Waals surface area contributed by atoms with Gasteiger partial charge in [-0.15, -0.1) is 0 Å². The van der Waals surface area contributed by atoms with Crippen molar-refractivity contribution in [3.05, 3.63) is 35.9 Å². The minimum Gasteiger partial charge on any atom is -0.314 e. The normalized spacial score (nSPS) is 23.0. The third-order valence-corrected chi connectivity index (χ3v) is 5.52. The van der Waals surface area contributed by atoms with Crippen LogP contribution in [0.3, 0.4) is 0 Å². The minimum absolute atomic E-state index is 0.523. The van der Waals surface area contributed by atoms with Crippen molar-refractivity contribution in [3.63, 3.8) is 0 Å². The van der Waals surface area contributed by atoms with E-state index in [2.05, 4.69) is 40.5 Å². The summed E-state index contributed by atoms with van der Waals surface area (Å²) in [6.45, 7) is 4.87. The molecule has 1 heterocycles. The molecule has 2 fully saturated rings. The standard InChI is InChI=1S/C19H30N2/c1-3-8-18(9-4-1)10-7-13-19(11-5-2-6-12-19)21-16-14-20-15-17-21/h1,3-4,8-9,20H,2,5-7,10-17H2. The van der Waals surface area contributed by atoms with Gasteiger partial charge in [-0.3, -0.25) is 4.90 Å². The van der Waals surface area contributed by atoms with Gasteiger partial charge in [0.2, 0.25) is 0 Å². The Morgan fingerprint density at radius 1 is 0.952 bits per heavy atom. The van der Waals surface area contributed by atoms with Crippen LogP contribution in [-0.4, -0.2) is 36.6 Å². The van der Waals surface area contributed by atoms with Gasteiger partial charge in [-0.2, -0.15) is 0 Å². The molecule has 0 atom stereocenters. The van der Waals surface area contributed by atoms with E-state index >= 15 is 0 Å². The first-order valence-electron chi connectivity index (χ1n) is 8.89. The zero-order chi connectivity index (χ0) is 14.4. The highest BCUT2D eigenvalue weighted by atomic mass is 15.2. The van der Waals surface area contributed by atoms with E-state index < -0.39 is 0 Å². The molecule has 0 radical (unpaired) electrons. The first-order valence-corrected chi connectivity index (χ1v) is 8.89. The lowest BCUT2D eigenvalue weighted by atomic mass is 9.76. The fraction of sp³-hybridized carbons (Fsp3) is 0.684. The molecule has 0 aromatic heterocycles. The molecule has 1 saturated carbocycles. The predicted octanol–water partition coefficient (Wildman–Crippen LogP) is 3.62. The Labute approximate surface area is 129 Å². The van der Waals surface area contributed by atoms with Crippen LogP contribution < -0.4 is 5.32 Å². The molecule has 3 rings (SSSR count). The lowest BCUT2D eigenvalue weighted by Gasteiger charge is -2.48. The van der Waals surface area contributed by atoms with Crippen molar-refractivity contribution in [2.75, 3.05) is 26.2 Å². The van der Waals surface area contributed by atoms with Crippen molar-refractivity contribution in [1.29, 1.82) is 0 Å². The Balaban J connectivity index is 1.59. The van der Waals surface area contributed by atoms with Crippen LogP contribution in [0.5, 0.6) is 0 Å². The van der Waals surface area contributed by atoms with Crippen LogP contribution in [0.25, 0.3) is 0 Å². The average Bonchev–Trinajstić information content (AvgIpc) is 2.58. The van der Waals surface area contributed by atoms with Gasteiger partial charge < -0.3 is 5.32 Å². The first kappa shape index (κ1) is 15.1. The minimum atomic E-state index is 0.523. The maximum atomic E-state index is 3.51. The van der Waals surface area contributed by atoms with E-state index in [1.807, 2.05) is 0 Å².